The molecule has 2 rings (SSSR count). The van der Waals surface area contributed by atoms with Crippen LogP contribution in [0.2, 0.25) is 0 Å². The number of rotatable bonds is 1. The Morgan fingerprint density at radius 3 is 3.29 bits per heavy atom. The third kappa shape index (κ3) is 1.61. The molecule has 3 heteroatoms. The SMILES string of the molecule is OCCC#Cc1c[nH]c2ncccc12. The highest BCUT2D eigenvalue weighted by atomic mass is 16.2. The Morgan fingerprint density at radius 2 is 2.43 bits per heavy atom. The molecule has 0 atom stereocenters. The molecule has 2 aromatic rings. The third-order valence-electron chi connectivity index (χ3n) is 1.91. The molecule has 0 aromatic carbocycles. The summed E-state index contributed by atoms with van der Waals surface area (Å²) in [5, 5.41) is 9.61. The van der Waals surface area contributed by atoms with E-state index in [-0.39, 0.29) is 6.61 Å². The van der Waals surface area contributed by atoms with Crippen LogP contribution in [0.3, 0.4) is 0 Å². The summed E-state index contributed by atoms with van der Waals surface area (Å²) in [6.45, 7) is 0.105. The highest BCUT2D eigenvalue weighted by Gasteiger charge is 1.99. The Bertz CT molecular complexity index is 490. The van der Waals surface area contributed by atoms with Gasteiger partial charge in [0.1, 0.15) is 5.65 Å². The number of nitrogens with zero attached hydrogens (tertiary/aromatic N) is 1. The second-order valence-electron chi connectivity index (χ2n) is 2.88. The van der Waals surface area contributed by atoms with Crippen LogP contribution < -0.4 is 0 Å². The van der Waals surface area contributed by atoms with Crippen molar-refractivity contribution >= 4 is 11.0 Å². The first-order chi connectivity index (χ1) is 6.92. The Balaban J connectivity index is 2.40. The molecule has 2 N–H and O–H groups in total. The first kappa shape index (κ1) is 8.79. The van der Waals surface area contributed by atoms with Gasteiger partial charge in [0.2, 0.25) is 0 Å². The standard InChI is InChI=1S/C11H10N2O/c14-7-2-1-4-9-8-13-11-10(9)5-3-6-12-11/h3,5-6,8,14H,2,7H2,(H,12,13). The zero-order valence-electron chi connectivity index (χ0n) is 7.62. The summed E-state index contributed by atoms with van der Waals surface area (Å²) < 4.78 is 0. The zero-order valence-corrected chi connectivity index (χ0v) is 7.62. The summed E-state index contributed by atoms with van der Waals surface area (Å²) in [4.78, 5) is 7.20. The van der Waals surface area contributed by atoms with Gasteiger partial charge in [-0.25, -0.2) is 4.98 Å². The number of hydrogen-bond acceptors (Lipinski definition) is 2. The van der Waals surface area contributed by atoms with Gasteiger partial charge in [0.15, 0.2) is 0 Å². The topological polar surface area (TPSA) is 48.9 Å². The lowest BCUT2D eigenvalue weighted by molar-refractivity contribution is 0.305. The number of fused-ring (bicyclic) bond motifs is 1. The molecule has 0 aliphatic carbocycles. The second-order valence-corrected chi connectivity index (χ2v) is 2.88. The van der Waals surface area contributed by atoms with E-state index in [1.807, 2.05) is 18.3 Å². The number of hydrogen-bond donors (Lipinski definition) is 2. The van der Waals surface area contributed by atoms with Crippen molar-refractivity contribution in [3.05, 3.63) is 30.1 Å². The van der Waals surface area contributed by atoms with Crippen LogP contribution in [0.5, 0.6) is 0 Å². The number of aliphatic hydroxyl groups excluding tert-OH is 1. The Kier molecular flexibility index (Phi) is 2.48. The first-order valence-electron chi connectivity index (χ1n) is 4.43. The quantitative estimate of drug-likeness (QED) is 0.659. The van der Waals surface area contributed by atoms with Crippen molar-refractivity contribution in [2.75, 3.05) is 6.61 Å². The molecule has 0 saturated carbocycles. The molecule has 0 aliphatic rings. The number of aliphatic hydroxyl groups is 1. The minimum Gasteiger partial charge on any atom is -0.395 e. The van der Waals surface area contributed by atoms with Crippen molar-refractivity contribution in [2.24, 2.45) is 0 Å². The number of nitrogens with one attached hydrogen (secondary N) is 1. The predicted molar refractivity (Wildman–Crippen MR) is 54.7 cm³/mol. The molecule has 0 unspecified atom stereocenters. The van der Waals surface area contributed by atoms with E-state index in [1.165, 1.54) is 0 Å². The fourth-order valence-electron chi connectivity index (χ4n) is 1.27. The van der Waals surface area contributed by atoms with Crippen molar-refractivity contribution < 1.29 is 5.11 Å². The Hall–Kier alpha value is -1.79. The second kappa shape index (κ2) is 3.95. The summed E-state index contributed by atoms with van der Waals surface area (Å²) in [7, 11) is 0. The molecule has 70 valence electrons. The van der Waals surface area contributed by atoms with E-state index in [0.717, 1.165) is 16.6 Å². The fraction of sp³-hybridized carbons (Fsp3) is 0.182. The van der Waals surface area contributed by atoms with Gasteiger partial charge in [-0.2, -0.15) is 0 Å². The highest BCUT2D eigenvalue weighted by molar-refractivity contribution is 5.82. The average molecular weight is 186 g/mol. The average Bonchev–Trinajstić information content (AvgIpc) is 2.63. The number of aromatic amines is 1. The van der Waals surface area contributed by atoms with Gasteiger partial charge in [-0.3, -0.25) is 0 Å². The molecule has 0 radical (unpaired) electrons. The minimum atomic E-state index is 0.105. The van der Waals surface area contributed by atoms with Crippen LogP contribution in [0.1, 0.15) is 12.0 Å². The smallest absolute Gasteiger partial charge is 0.138 e. The van der Waals surface area contributed by atoms with Gasteiger partial charge in [-0.05, 0) is 12.1 Å². The molecule has 2 aromatic heterocycles. The van der Waals surface area contributed by atoms with Crippen LogP contribution in [0.4, 0.5) is 0 Å². The van der Waals surface area contributed by atoms with Crippen LogP contribution in [0.25, 0.3) is 11.0 Å². The normalized spacial score (nSPS) is 9.79. The molecule has 3 nitrogen and oxygen atoms in total. The van der Waals surface area contributed by atoms with E-state index in [0.29, 0.717) is 6.42 Å². The molecule has 0 fully saturated rings. The van der Waals surface area contributed by atoms with E-state index in [1.54, 1.807) is 6.20 Å². The lowest BCUT2D eigenvalue weighted by atomic mass is 10.2. The lowest BCUT2D eigenvalue weighted by Crippen LogP contribution is -1.77. The Labute approximate surface area is 81.8 Å². The fourth-order valence-corrected chi connectivity index (χ4v) is 1.27. The van der Waals surface area contributed by atoms with E-state index < -0.39 is 0 Å². The summed E-state index contributed by atoms with van der Waals surface area (Å²) in [6, 6.07) is 3.86. The van der Waals surface area contributed by atoms with Crippen LogP contribution >= 0.6 is 0 Å². The van der Waals surface area contributed by atoms with Gasteiger partial charge < -0.3 is 10.1 Å². The van der Waals surface area contributed by atoms with Gasteiger partial charge in [0, 0.05) is 24.2 Å². The summed E-state index contributed by atoms with van der Waals surface area (Å²) in [5.74, 6) is 5.87. The Morgan fingerprint density at radius 1 is 1.50 bits per heavy atom. The molecular formula is C11H10N2O. The molecule has 0 saturated heterocycles. The zero-order chi connectivity index (χ0) is 9.80. The first-order valence-corrected chi connectivity index (χ1v) is 4.43. The van der Waals surface area contributed by atoms with E-state index in [2.05, 4.69) is 21.8 Å². The monoisotopic (exact) mass is 186 g/mol. The van der Waals surface area contributed by atoms with Gasteiger partial charge >= 0.3 is 0 Å². The largest absolute Gasteiger partial charge is 0.395 e. The maximum absolute atomic E-state index is 8.59. The molecular weight excluding hydrogens is 176 g/mol. The van der Waals surface area contributed by atoms with Crippen LogP contribution in [0.15, 0.2) is 24.5 Å². The van der Waals surface area contributed by atoms with E-state index in [4.69, 9.17) is 5.11 Å². The van der Waals surface area contributed by atoms with Crippen molar-refractivity contribution in [1.82, 2.24) is 9.97 Å². The van der Waals surface area contributed by atoms with Gasteiger partial charge in [-0.1, -0.05) is 11.8 Å². The lowest BCUT2D eigenvalue weighted by Gasteiger charge is -1.86. The van der Waals surface area contributed by atoms with Crippen molar-refractivity contribution in [3.63, 3.8) is 0 Å². The predicted octanol–water partition coefficient (Wildman–Crippen LogP) is 1.30. The summed E-state index contributed by atoms with van der Waals surface area (Å²) in [5.41, 5.74) is 1.78. The van der Waals surface area contributed by atoms with E-state index >= 15 is 0 Å². The summed E-state index contributed by atoms with van der Waals surface area (Å²) >= 11 is 0. The molecule has 2 heterocycles. The number of aromatic nitrogens is 2. The van der Waals surface area contributed by atoms with Crippen molar-refractivity contribution in [1.29, 1.82) is 0 Å². The number of H-pyrrole nitrogens is 1. The molecule has 0 amide bonds. The van der Waals surface area contributed by atoms with Gasteiger partial charge in [-0.15, -0.1) is 0 Å². The maximum Gasteiger partial charge on any atom is 0.138 e. The molecule has 0 bridgehead atoms. The van der Waals surface area contributed by atoms with Crippen molar-refractivity contribution in [3.8, 4) is 11.8 Å². The minimum absolute atomic E-state index is 0.105. The molecule has 0 aliphatic heterocycles. The third-order valence-corrected chi connectivity index (χ3v) is 1.91. The maximum atomic E-state index is 8.59. The van der Waals surface area contributed by atoms with Crippen LogP contribution in [-0.2, 0) is 0 Å². The van der Waals surface area contributed by atoms with Crippen LogP contribution in [0, 0.1) is 11.8 Å². The van der Waals surface area contributed by atoms with Crippen LogP contribution in [-0.4, -0.2) is 21.7 Å². The highest BCUT2D eigenvalue weighted by Crippen LogP contribution is 2.13. The van der Waals surface area contributed by atoms with Gasteiger partial charge in [0.05, 0.1) is 12.2 Å². The van der Waals surface area contributed by atoms with E-state index in [9.17, 15) is 0 Å². The number of pyridine rings is 1. The molecule has 0 spiro atoms. The van der Waals surface area contributed by atoms with Gasteiger partial charge in [0.25, 0.3) is 0 Å². The summed E-state index contributed by atoms with van der Waals surface area (Å²) in [6.07, 6.45) is 4.08. The molecule has 14 heavy (non-hydrogen) atoms. The van der Waals surface area contributed by atoms with Crippen molar-refractivity contribution in [2.45, 2.75) is 6.42 Å².